The lowest BCUT2D eigenvalue weighted by Crippen LogP contribution is -2.60. The van der Waals surface area contributed by atoms with Crippen LogP contribution in [0.2, 0.25) is 10.0 Å². The van der Waals surface area contributed by atoms with Gasteiger partial charge in [-0.25, -0.2) is 0 Å². The minimum Gasteiger partial charge on any atom is -0.371 e. The van der Waals surface area contributed by atoms with Gasteiger partial charge in [0.15, 0.2) is 0 Å². The quantitative estimate of drug-likeness (QED) is 0.790. The van der Waals surface area contributed by atoms with Crippen molar-refractivity contribution in [3.8, 4) is 0 Å². The van der Waals surface area contributed by atoms with E-state index in [0.29, 0.717) is 16.6 Å². The van der Waals surface area contributed by atoms with Crippen molar-refractivity contribution in [2.24, 2.45) is 4.99 Å². The Kier molecular flexibility index (Phi) is 4.82. The Hall–Kier alpha value is -1.75. The number of piperidine rings is 1. The summed E-state index contributed by atoms with van der Waals surface area (Å²) in [5.41, 5.74) is 3.05. The summed E-state index contributed by atoms with van der Waals surface area (Å²) in [6, 6.07) is 14.2. The SMILES string of the molecule is CN1C(=NCc2ccccc2)C2(CCNCC2)Nc2cc(Cl)c(Cl)cc21. The molecule has 0 radical (unpaired) electrons. The topological polar surface area (TPSA) is 39.7 Å². The fraction of sp³-hybridized carbons (Fsp3) is 0.350. The second-order valence-corrected chi connectivity index (χ2v) is 7.74. The van der Waals surface area contributed by atoms with Crippen LogP contribution in [0, 0.1) is 0 Å². The highest BCUT2D eigenvalue weighted by molar-refractivity contribution is 6.42. The Morgan fingerprint density at radius 3 is 2.50 bits per heavy atom. The van der Waals surface area contributed by atoms with Crippen LogP contribution in [0.1, 0.15) is 18.4 Å². The fourth-order valence-corrected chi connectivity index (χ4v) is 4.19. The molecule has 0 saturated carbocycles. The van der Waals surface area contributed by atoms with Gasteiger partial charge in [0, 0.05) is 7.05 Å². The molecule has 1 fully saturated rings. The summed E-state index contributed by atoms with van der Waals surface area (Å²) in [7, 11) is 2.07. The van der Waals surface area contributed by atoms with E-state index >= 15 is 0 Å². The molecule has 1 spiro atoms. The lowest BCUT2D eigenvalue weighted by atomic mass is 9.83. The molecule has 26 heavy (non-hydrogen) atoms. The number of amidine groups is 1. The van der Waals surface area contributed by atoms with E-state index in [1.165, 1.54) is 5.56 Å². The number of hydrogen-bond donors (Lipinski definition) is 2. The fourth-order valence-electron chi connectivity index (χ4n) is 3.87. The number of benzene rings is 2. The largest absolute Gasteiger partial charge is 0.371 e. The number of halogens is 2. The third-order valence-electron chi connectivity index (χ3n) is 5.23. The number of aliphatic imine (C=N–C) groups is 1. The van der Waals surface area contributed by atoms with Crippen molar-refractivity contribution >= 4 is 40.4 Å². The Morgan fingerprint density at radius 1 is 1.08 bits per heavy atom. The second-order valence-electron chi connectivity index (χ2n) is 6.93. The van der Waals surface area contributed by atoms with Crippen LogP contribution in [-0.4, -0.2) is 31.5 Å². The van der Waals surface area contributed by atoms with Gasteiger partial charge in [0.25, 0.3) is 0 Å². The Labute approximate surface area is 164 Å². The first-order valence-electron chi connectivity index (χ1n) is 8.90. The normalized spacial score (nSPS) is 20.1. The van der Waals surface area contributed by atoms with Crippen LogP contribution in [0.5, 0.6) is 0 Å². The average molecular weight is 389 g/mol. The molecular formula is C20H22Cl2N4. The highest BCUT2D eigenvalue weighted by atomic mass is 35.5. The van der Waals surface area contributed by atoms with E-state index in [9.17, 15) is 0 Å². The zero-order valence-electron chi connectivity index (χ0n) is 14.7. The van der Waals surface area contributed by atoms with Crippen LogP contribution in [-0.2, 0) is 6.54 Å². The van der Waals surface area contributed by atoms with Crippen LogP contribution < -0.4 is 15.5 Å². The molecule has 0 atom stereocenters. The van der Waals surface area contributed by atoms with E-state index in [4.69, 9.17) is 28.2 Å². The van der Waals surface area contributed by atoms with E-state index in [0.717, 1.165) is 43.1 Å². The summed E-state index contributed by atoms with van der Waals surface area (Å²) in [6.07, 6.45) is 1.95. The predicted octanol–water partition coefficient (Wildman–Crippen LogP) is 4.58. The molecule has 6 heteroatoms. The Morgan fingerprint density at radius 2 is 1.77 bits per heavy atom. The average Bonchev–Trinajstić information content (AvgIpc) is 2.65. The van der Waals surface area contributed by atoms with Crippen LogP contribution >= 0.6 is 23.2 Å². The van der Waals surface area contributed by atoms with Crippen molar-refractivity contribution in [3.63, 3.8) is 0 Å². The molecule has 4 rings (SSSR count). The molecular weight excluding hydrogens is 367 g/mol. The molecule has 0 unspecified atom stereocenters. The number of nitrogens with zero attached hydrogens (tertiary/aromatic N) is 2. The van der Waals surface area contributed by atoms with Crippen molar-refractivity contribution in [2.75, 3.05) is 30.4 Å². The van der Waals surface area contributed by atoms with Gasteiger partial charge < -0.3 is 15.5 Å². The minimum atomic E-state index is -0.182. The Balaban J connectivity index is 1.76. The van der Waals surface area contributed by atoms with E-state index in [1.807, 2.05) is 18.2 Å². The molecule has 2 aromatic carbocycles. The molecule has 2 heterocycles. The number of hydrogen-bond acceptors (Lipinski definition) is 3. The van der Waals surface area contributed by atoms with Crippen LogP contribution in [0.3, 0.4) is 0 Å². The van der Waals surface area contributed by atoms with E-state index in [-0.39, 0.29) is 5.54 Å². The maximum Gasteiger partial charge on any atom is 0.130 e. The lowest BCUT2D eigenvalue weighted by molar-refractivity contribution is 0.415. The number of rotatable bonds is 2. The highest BCUT2D eigenvalue weighted by Crippen LogP contribution is 2.42. The van der Waals surface area contributed by atoms with Gasteiger partial charge in [-0.2, -0.15) is 0 Å². The smallest absolute Gasteiger partial charge is 0.130 e. The van der Waals surface area contributed by atoms with Gasteiger partial charge in [-0.3, -0.25) is 4.99 Å². The minimum absolute atomic E-state index is 0.182. The maximum absolute atomic E-state index is 6.27. The molecule has 2 aliphatic heterocycles. The van der Waals surface area contributed by atoms with Gasteiger partial charge in [-0.05, 0) is 43.6 Å². The first-order valence-corrected chi connectivity index (χ1v) is 9.65. The number of nitrogens with one attached hydrogen (secondary N) is 2. The summed E-state index contributed by atoms with van der Waals surface area (Å²) in [6.45, 7) is 2.58. The van der Waals surface area contributed by atoms with Crippen molar-refractivity contribution in [1.82, 2.24) is 5.32 Å². The lowest BCUT2D eigenvalue weighted by Gasteiger charge is -2.47. The first kappa shape index (κ1) is 17.7. The number of anilines is 2. The van der Waals surface area contributed by atoms with E-state index < -0.39 is 0 Å². The third-order valence-corrected chi connectivity index (χ3v) is 5.95. The monoisotopic (exact) mass is 388 g/mol. The van der Waals surface area contributed by atoms with Crippen LogP contribution in [0.15, 0.2) is 47.5 Å². The summed E-state index contributed by atoms with van der Waals surface area (Å²) in [4.78, 5) is 7.21. The van der Waals surface area contributed by atoms with Gasteiger partial charge >= 0.3 is 0 Å². The zero-order chi connectivity index (χ0) is 18.1. The van der Waals surface area contributed by atoms with E-state index in [1.54, 1.807) is 0 Å². The highest BCUT2D eigenvalue weighted by Gasteiger charge is 2.43. The van der Waals surface area contributed by atoms with Gasteiger partial charge in [0.1, 0.15) is 5.84 Å². The zero-order valence-corrected chi connectivity index (χ0v) is 16.2. The van der Waals surface area contributed by atoms with Crippen molar-refractivity contribution in [2.45, 2.75) is 24.9 Å². The molecule has 0 aromatic heterocycles. The van der Waals surface area contributed by atoms with Crippen LogP contribution in [0.4, 0.5) is 11.4 Å². The molecule has 0 bridgehead atoms. The summed E-state index contributed by atoms with van der Waals surface area (Å²) >= 11 is 12.5. The molecule has 136 valence electrons. The molecule has 0 amide bonds. The van der Waals surface area contributed by atoms with E-state index in [2.05, 4.69) is 46.8 Å². The molecule has 2 aromatic rings. The number of fused-ring (bicyclic) bond motifs is 1. The van der Waals surface area contributed by atoms with Gasteiger partial charge in [0.2, 0.25) is 0 Å². The molecule has 0 aliphatic carbocycles. The standard InChI is InChI=1S/C20H22Cl2N4/c1-26-18-12-16(22)15(21)11-17(18)25-20(7-9-23-10-8-20)19(26)24-13-14-5-3-2-4-6-14/h2-6,11-12,23,25H,7-10,13H2,1H3. The molecule has 4 nitrogen and oxygen atoms in total. The van der Waals surface area contributed by atoms with Crippen molar-refractivity contribution in [1.29, 1.82) is 0 Å². The maximum atomic E-state index is 6.27. The van der Waals surface area contributed by atoms with Gasteiger partial charge in [-0.1, -0.05) is 53.5 Å². The van der Waals surface area contributed by atoms with Crippen molar-refractivity contribution in [3.05, 3.63) is 58.1 Å². The van der Waals surface area contributed by atoms with Crippen molar-refractivity contribution < 1.29 is 0 Å². The van der Waals surface area contributed by atoms with Gasteiger partial charge in [-0.15, -0.1) is 0 Å². The summed E-state index contributed by atoms with van der Waals surface area (Å²) < 4.78 is 0. The molecule has 2 aliphatic rings. The predicted molar refractivity (Wildman–Crippen MR) is 111 cm³/mol. The first-order chi connectivity index (χ1) is 12.6. The third kappa shape index (κ3) is 3.18. The Bertz CT molecular complexity index is 829. The summed E-state index contributed by atoms with van der Waals surface area (Å²) in [5, 5.41) is 8.32. The number of likely N-dealkylation sites (N-methyl/N-ethyl adjacent to an activating group) is 1. The second kappa shape index (κ2) is 7.10. The molecule has 1 saturated heterocycles. The van der Waals surface area contributed by atoms with Gasteiger partial charge in [0.05, 0.1) is 33.5 Å². The molecule has 2 N–H and O–H groups in total. The summed E-state index contributed by atoms with van der Waals surface area (Å²) in [5.74, 6) is 1.06. The van der Waals surface area contributed by atoms with Crippen LogP contribution in [0.25, 0.3) is 0 Å².